The Bertz CT molecular complexity index is 669. The Morgan fingerprint density at radius 3 is 2.75 bits per heavy atom. The van der Waals surface area contributed by atoms with Crippen molar-refractivity contribution < 1.29 is 13.9 Å². The van der Waals surface area contributed by atoms with Crippen LogP contribution >= 0.6 is 12.2 Å². The highest BCUT2D eigenvalue weighted by molar-refractivity contribution is 7.80. The van der Waals surface area contributed by atoms with E-state index in [0.717, 1.165) is 12.2 Å². The van der Waals surface area contributed by atoms with Crippen LogP contribution in [0.5, 0.6) is 5.75 Å². The lowest BCUT2D eigenvalue weighted by Crippen LogP contribution is -2.38. The molecule has 0 bridgehead atoms. The van der Waals surface area contributed by atoms with E-state index >= 15 is 0 Å². The fourth-order valence-corrected chi connectivity index (χ4v) is 2.14. The minimum absolute atomic E-state index is 0.244. The van der Waals surface area contributed by atoms with E-state index in [1.165, 1.54) is 0 Å². The van der Waals surface area contributed by atoms with E-state index < -0.39 is 0 Å². The average molecular weight is 346 g/mol. The molecule has 128 valence electrons. The summed E-state index contributed by atoms with van der Waals surface area (Å²) < 4.78 is 10.9. The van der Waals surface area contributed by atoms with E-state index in [-0.39, 0.29) is 11.0 Å². The Labute approximate surface area is 147 Å². The molecule has 2 N–H and O–H groups in total. The molecular formula is C18H22N2O3S. The van der Waals surface area contributed by atoms with Crippen molar-refractivity contribution in [3.05, 3.63) is 54.0 Å². The smallest absolute Gasteiger partial charge is 0.261 e. The molecule has 0 aliphatic carbocycles. The van der Waals surface area contributed by atoms with Gasteiger partial charge in [-0.15, -0.1) is 0 Å². The predicted octanol–water partition coefficient (Wildman–Crippen LogP) is 3.51. The lowest BCUT2D eigenvalue weighted by atomic mass is 10.1. The first kappa shape index (κ1) is 18.0. The largest absolute Gasteiger partial charge is 0.493 e. The molecule has 24 heavy (non-hydrogen) atoms. The Kier molecular flexibility index (Phi) is 6.81. The molecular weight excluding hydrogens is 324 g/mol. The van der Waals surface area contributed by atoms with Crippen LogP contribution in [0.2, 0.25) is 0 Å². The van der Waals surface area contributed by atoms with Gasteiger partial charge in [-0.1, -0.05) is 26.0 Å². The van der Waals surface area contributed by atoms with Crippen LogP contribution in [0.1, 0.15) is 36.4 Å². The molecule has 0 saturated carbocycles. The van der Waals surface area contributed by atoms with E-state index in [9.17, 15) is 4.79 Å². The number of ether oxygens (including phenoxy) is 1. The number of carbonyl (C=O) groups excluding carboxylic acids is 1. The van der Waals surface area contributed by atoms with Gasteiger partial charge in [-0.3, -0.25) is 10.1 Å². The number of hydrogen-bond donors (Lipinski definition) is 2. The van der Waals surface area contributed by atoms with Gasteiger partial charge >= 0.3 is 0 Å². The summed E-state index contributed by atoms with van der Waals surface area (Å²) in [6, 6.07) is 10.8. The maximum absolute atomic E-state index is 12.4. The van der Waals surface area contributed by atoms with Crippen molar-refractivity contribution in [2.45, 2.75) is 26.8 Å². The van der Waals surface area contributed by atoms with Crippen molar-refractivity contribution in [2.24, 2.45) is 5.92 Å². The van der Waals surface area contributed by atoms with Gasteiger partial charge < -0.3 is 14.5 Å². The SMILES string of the molecule is CC(C)CCOc1ccccc1C(=O)NC(=S)NCc1ccco1. The zero-order valence-corrected chi connectivity index (χ0v) is 14.7. The van der Waals surface area contributed by atoms with Gasteiger partial charge in [-0.05, 0) is 48.8 Å². The first-order chi connectivity index (χ1) is 11.6. The summed E-state index contributed by atoms with van der Waals surface area (Å²) in [5.41, 5.74) is 0.461. The molecule has 0 aliphatic rings. The Morgan fingerprint density at radius 2 is 2.04 bits per heavy atom. The summed E-state index contributed by atoms with van der Waals surface area (Å²) in [4.78, 5) is 12.4. The Morgan fingerprint density at radius 1 is 1.25 bits per heavy atom. The van der Waals surface area contributed by atoms with E-state index in [1.807, 2.05) is 12.1 Å². The molecule has 0 unspecified atom stereocenters. The van der Waals surface area contributed by atoms with Crippen LogP contribution in [0, 0.1) is 5.92 Å². The van der Waals surface area contributed by atoms with Crippen LogP contribution in [0.4, 0.5) is 0 Å². The second-order valence-corrected chi connectivity index (χ2v) is 6.15. The molecule has 6 heteroatoms. The zero-order valence-electron chi connectivity index (χ0n) is 13.9. The van der Waals surface area contributed by atoms with Gasteiger partial charge in [0.05, 0.1) is 25.0 Å². The second-order valence-electron chi connectivity index (χ2n) is 5.74. The van der Waals surface area contributed by atoms with Crippen molar-refractivity contribution in [1.29, 1.82) is 0 Å². The minimum atomic E-state index is -0.299. The third kappa shape index (κ3) is 5.70. The zero-order chi connectivity index (χ0) is 17.4. The van der Waals surface area contributed by atoms with Crippen LogP contribution in [0.25, 0.3) is 0 Å². The van der Waals surface area contributed by atoms with E-state index in [1.54, 1.807) is 30.5 Å². The van der Waals surface area contributed by atoms with Gasteiger partial charge in [0, 0.05) is 0 Å². The van der Waals surface area contributed by atoms with Crippen LogP contribution in [0.3, 0.4) is 0 Å². The number of nitrogens with one attached hydrogen (secondary N) is 2. The predicted molar refractivity (Wildman–Crippen MR) is 97.0 cm³/mol. The lowest BCUT2D eigenvalue weighted by molar-refractivity contribution is 0.0972. The molecule has 0 spiro atoms. The minimum Gasteiger partial charge on any atom is -0.493 e. The molecule has 0 saturated heterocycles. The first-order valence-electron chi connectivity index (χ1n) is 7.89. The topological polar surface area (TPSA) is 63.5 Å². The molecule has 0 radical (unpaired) electrons. The molecule has 1 amide bonds. The highest BCUT2D eigenvalue weighted by Crippen LogP contribution is 2.18. The van der Waals surface area contributed by atoms with E-state index in [4.69, 9.17) is 21.4 Å². The number of thiocarbonyl (C=S) groups is 1. The normalized spacial score (nSPS) is 10.5. The highest BCUT2D eigenvalue weighted by Gasteiger charge is 2.13. The third-order valence-electron chi connectivity index (χ3n) is 3.31. The van der Waals surface area contributed by atoms with Crippen LogP contribution < -0.4 is 15.4 Å². The fourth-order valence-electron chi connectivity index (χ4n) is 1.98. The molecule has 1 aromatic carbocycles. The number of hydrogen-bond acceptors (Lipinski definition) is 4. The summed E-state index contributed by atoms with van der Waals surface area (Å²) in [6.45, 7) is 5.25. The molecule has 0 atom stereocenters. The van der Waals surface area contributed by atoms with Crippen molar-refractivity contribution in [3.63, 3.8) is 0 Å². The third-order valence-corrected chi connectivity index (χ3v) is 3.56. The number of benzene rings is 1. The van der Waals surface area contributed by atoms with Gasteiger partial charge in [-0.25, -0.2) is 0 Å². The van der Waals surface area contributed by atoms with Crippen molar-refractivity contribution >= 4 is 23.2 Å². The Hall–Kier alpha value is -2.34. The molecule has 2 rings (SSSR count). The van der Waals surface area contributed by atoms with Gasteiger partial charge in [-0.2, -0.15) is 0 Å². The summed E-state index contributed by atoms with van der Waals surface area (Å²) in [5.74, 6) is 1.55. The molecule has 1 heterocycles. The van der Waals surface area contributed by atoms with Gasteiger partial charge in [0.2, 0.25) is 0 Å². The number of carbonyl (C=O) groups is 1. The molecule has 0 fully saturated rings. The lowest BCUT2D eigenvalue weighted by Gasteiger charge is -2.13. The number of amides is 1. The summed E-state index contributed by atoms with van der Waals surface area (Å²) in [5, 5.41) is 5.83. The van der Waals surface area contributed by atoms with Gasteiger partial charge in [0.25, 0.3) is 5.91 Å². The number of furan rings is 1. The fraction of sp³-hybridized carbons (Fsp3) is 0.333. The Balaban J connectivity index is 1.90. The van der Waals surface area contributed by atoms with E-state index in [0.29, 0.717) is 30.4 Å². The van der Waals surface area contributed by atoms with Crippen molar-refractivity contribution in [2.75, 3.05) is 6.61 Å². The van der Waals surface area contributed by atoms with E-state index in [2.05, 4.69) is 24.5 Å². The van der Waals surface area contributed by atoms with Crippen molar-refractivity contribution in [3.8, 4) is 5.75 Å². The maximum Gasteiger partial charge on any atom is 0.261 e. The van der Waals surface area contributed by atoms with Crippen LogP contribution in [-0.4, -0.2) is 17.6 Å². The molecule has 5 nitrogen and oxygen atoms in total. The second kappa shape index (κ2) is 9.08. The first-order valence-corrected chi connectivity index (χ1v) is 8.30. The summed E-state index contributed by atoms with van der Waals surface area (Å²) in [6.07, 6.45) is 2.52. The quantitative estimate of drug-likeness (QED) is 0.751. The highest BCUT2D eigenvalue weighted by atomic mass is 32.1. The summed E-state index contributed by atoms with van der Waals surface area (Å²) >= 11 is 5.14. The van der Waals surface area contributed by atoms with Gasteiger partial charge in [0.1, 0.15) is 11.5 Å². The molecule has 2 aromatic rings. The monoisotopic (exact) mass is 346 g/mol. The maximum atomic E-state index is 12.4. The van der Waals surface area contributed by atoms with Crippen LogP contribution in [-0.2, 0) is 6.54 Å². The number of rotatable bonds is 7. The number of para-hydroxylation sites is 1. The summed E-state index contributed by atoms with van der Waals surface area (Å²) in [7, 11) is 0. The van der Waals surface area contributed by atoms with Crippen LogP contribution in [0.15, 0.2) is 47.1 Å². The molecule has 1 aromatic heterocycles. The van der Waals surface area contributed by atoms with Gasteiger partial charge in [0.15, 0.2) is 5.11 Å². The molecule has 0 aliphatic heterocycles. The standard InChI is InChI=1S/C18H22N2O3S/c1-13(2)9-11-23-16-8-4-3-7-15(16)17(21)20-18(24)19-12-14-6-5-10-22-14/h3-8,10,13H,9,11-12H2,1-2H3,(H2,19,20,21,24). The van der Waals surface area contributed by atoms with Crippen molar-refractivity contribution in [1.82, 2.24) is 10.6 Å². The average Bonchev–Trinajstić information content (AvgIpc) is 3.06.